The van der Waals surface area contributed by atoms with Gasteiger partial charge in [-0.05, 0) is 34.1 Å². The zero-order chi connectivity index (χ0) is 13.1. The lowest BCUT2D eigenvalue weighted by Gasteiger charge is -2.18. The number of amides is 1. The van der Waals surface area contributed by atoms with Crippen LogP contribution in [0.4, 0.5) is 0 Å². The second-order valence-corrected chi connectivity index (χ2v) is 5.42. The monoisotopic (exact) mass is 331 g/mol. The molecule has 0 spiro atoms. The number of thioether (sulfide) groups is 1. The number of rotatable bonds is 3. The minimum absolute atomic E-state index is 0.320. The summed E-state index contributed by atoms with van der Waals surface area (Å²) in [6.45, 7) is 0. The fourth-order valence-electron chi connectivity index (χ4n) is 1.53. The molecule has 1 fully saturated rings. The molecule has 1 saturated heterocycles. The van der Waals surface area contributed by atoms with E-state index in [9.17, 15) is 9.59 Å². The van der Waals surface area contributed by atoms with Crippen LogP contribution in [0.2, 0.25) is 0 Å². The van der Waals surface area contributed by atoms with Gasteiger partial charge in [0.15, 0.2) is 4.67 Å². The Labute approximate surface area is 116 Å². The first kappa shape index (κ1) is 13.2. The topological polar surface area (TPSA) is 70.8 Å². The van der Waals surface area contributed by atoms with Gasteiger partial charge in [0.25, 0.3) is 0 Å². The van der Waals surface area contributed by atoms with Crippen molar-refractivity contribution in [3.8, 4) is 0 Å². The SMILES string of the molecule is O=C(O)C1CSCN1C(=O)/C=C/c1ccc(Br)o1. The van der Waals surface area contributed by atoms with Gasteiger partial charge in [0.05, 0.1) is 5.88 Å². The highest BCUT2D eigenvalue weighted by atomic mass is 79.9. The molecule has 0 bridgehead atoms. The lowest BCUT2D eigenvalue weighted by atomic mass is 10.3. The molecule has 2 rings (SSSR count). The zero-order valence-electron chi connectivity index (χ0n) is 9.21. The number of halogens is 1. The maximum Gasteiger partial charge on any atom is 0.327 e. The van der Waals surface area contributed by atoms with Gasteiger partial charge in [-0.1, -0.05) is 0 Å². The molecule has 1 atom stereocenters. The summed E-state index contributed by atoms with van der Waals surface area (Å²) >= 11 is 4.59. The molecule has 96 valence electrons. The van der Waals surface area contributed by atoms with Gasteiger partial charge in [-0.25, -0.2) is 4.79 Å². The molecule has 1 aromatic heterocycles. The fraction of sp³-hybridized carbons (Fsp3) is 0.273. The number of furan rings is 1. The van der Waals surface area contributed by atoms with Crippen LogP contribution in [-0.4, -0.2) is 39.6 Å². The van der Waals surface area contributed by atoms with E-state index in [0.29, 0.717) is 22.1 Å². The van der Waals surface area contributed by atoms with Crippen molar-refractivity contribution in [2.45, 2.75) is 6.04 Å². The van der Waals surface area contributed by atoms with Crippen LogP contribution in [0.1, 0.15) is 5.76 Å². The normalized spacial score (nSPS) is 19.6. The molecule has 0 aliphatic carbocycles. The lowest BCUT2D eigenvalue weighted by molar-refractivity contribution is -0.146. The fourth-order valence-corrected chi connectivity index (χ4v) is 3.01. The number of hydrogen-bond acceptors (Lipinski definition) is 4. The van der Waals surface area contributed by atoms with Crippen molar-refractivity contribution in [3.63, 3.8) is 0 Å². The maximum absolute atomic E-state index is 11.8. The van der Waals surface area contributed by atoms with Crippen molar-refractivity contribution in [1.29, 1.82) is 0 Å². The first-order valence-corrected chi connectivity index (χ1v) is 7.07. The van der Waals surface area contributed by atoms with Gasteiger partial charge in [-0.2, -0.15) is 0 Å². The lowest BCUT2D eigenvalue weighted by Crippen LogP contribution is -2.40. The average molecular weight is 332 g/mol. The molecule has 1 aliphatic heterocycles. The van der Waals surface area contributed by atoms with E-state index in [-0.39, 0.29) is 5.91 Å². The number of carbonyl (C=O) groups is 2. The third-order valence-electron chi connectivity index (χ3n) is 2.43. The van der Waals surface area contributed by atoms with Gasteiger partial charge in [-0.15, -0.1) is 11.8 Å². The Morgan fingerprint density at radius 2 is 2.33 bits per heavy atom. The van der Waals surface area contributed by atoms with E-state index in [1.165, 1.54) is 28.8 Å². The Morgan fingerprint density at radius 1 is 1.56 bits per heavy atom. The van der Waals surface area contributed by atoms with E-state index in [1.807, 2.05) is 0 Å². The molecule has 0 radical (unpaired) electrons. The summed E-state index contributed by atoms with van der Waals surface area (Å²) in [4.78, 5) is 24.1. The molecule has 1 unspecified atom stereocenters. The highest BCUT2D eigenvalue weighted by Gasteiger charge is 2.33. The predicted octanol–water partition coefficient (Wildman–Crippen LogP) is 2.04. The number of nitrogens with zero attached hydrogens (tertiary/aromatic N) is 1. The standard InChI is InChI=1S/C11H10BrNO4S/c12-9-3-1-7(17-9)2-4-10(14)13-6-18-5-8(13)11(15)16/h1-4,8H,5-6H2,(H,15,16)/b4-2+. The van der Waals surface area contributed by atoms with Gasteiger partial charge >= 0.3 is 5.97 Å². The van der Waals surface area contributed by atoms with Crippen LogP contribution in [-0.2, 0) is 9.59 Å². The summed E-state index contributed by atoms with van der Waals surface area (Å²) in [5.41, 5.74) is 0. The minimum atomic E-state index is -0.970. The number of carboxylic acids is 1. The molecule has 1 N–H and O–H groups in total. The summed E-state index contributed by atoms with van der Waals surface area (Å²) in [5.74, 6) is 0.0831. The third kappa shape index (κ3) is 2.97. The van der Waals surface area contributed by atoms with Crippen LogP contribution >= 0.6 is 27.7 Å². The summed E-state index contributed by atoms with van der Waals surface area (Å²) < 4.78 is 5.79. The highest BCUT2D eigenvalue weighted by Crippen LogP contribution is 2.22. The molecule has 2 heterocycles. The summed E-state index contributed by atoms with van der Waals surface area (Å²) in [6.07, 6.45) is 2.85. The van der Waals surface area contributed by atoms with Crippen LogP contribution in [0.3, 0.4) is 0 Å². The van der Waals surface area contributed by atoms with Crippen molar-refractivity contribution in [1.82, 2.24) is 4.90 Å². The van der Waals surface area contributed by atoms with Crippen LogP contribution in [0, 0.1) is 0 Å². The van der Waals surface area contributed by atoms with Crippen LogP contribution < -0.4 is 0 Å². The summed E-state index contributed by atoms with van der Waals surface area (Å²) in [6, 6.07) is 2.69. The smallest absolute Gasteiger partial charge is 0.327 e. The maximum atomic E-state index is 11.8. The van der Waals surface area contributed by atoms with Gasteiger partial charge in [0, 0.05) is 11.8 Å². The molecular weight excluding hydrogens is 322 g/mol. The Kier molecular flexibility index (Phi) is 4.13. The molecule has 1 aliphatic rings. The predicted molar refractivity (Wildman–Crippen MR) is 71.0 cm³/mol. The third-order valence-corrected chi connectivity index (χ3v) is 3.87. The Morgan fingerprint density at radius 3 is 2.94 bits per heavy atom. The van der Waals surface area contributed by atoms with Crippen molar-refractivity contribution in [2.24, 2.45) is 0 Å². The highest BCUT2D eigenvalue weighted by molar-refractivity contribution is 9.10. The van der Waals surface area contributed by atoms with Crippen LogP contribution in [0.15, 0.2) is 27.3 Å². The van der Waals surface area contributed by atoms with E-state index in [2.05, 4.69) is 15.9 Å². The van der Waals surface area contributed by atoms with E-state index < -0.39 is 12.0 Å². The first-order chi connectivity index (χ1) is 8.58. The number of aliphatic carboxylic acids is 1. The van der Waals surface area contributed by atoms with Crippen molar-refractivity contribution in [2.75, 3.05) is 11.6 Å². The quantitative estimate of drug-likeness (QED) is 0.858. The molecule has 0 saturated carbocycles. The number of carboxylic acid groups (broad SMARTS) is 1. The summed E-state index contributed by atoms with van der Waals surface area (Å²) in [7, 11) is 0. The molecule has 5 nitrogen and oxygen atoms in total. The van der Waals surface area contributed by atoms with Gasteiger partial charge in [-0.3, -0.25) is 4.79 Å². The molecule has 0 aromatic carbocycles. The average Bonchev–Trinajstić information content (AvgIpc) is 2.94. The zero-order valence-corrected chi connectivity index (χ0v) is 11.6. The Hall–Kier alpha value is -1.21. The molecular formula is C11H10BrNO4S. The molecule has 1 amide bonds. The Bertz CT molecular complexity index is 499. The second-order valence-electron chi connectivity index (χ2n) is 3.64. The van der Waals surface area contributed by atoms with Gasteiger partial charge < -0.3 is 14.4 Å². The van der Waals surface area contributed by atoms with E-state index in [0.717, 1.165) is 0 Å². The minimum Gasteiger partial charge on any atom is -0.480 e. The van der Waals surface area contributed by atoms with E-state index >= 15 is 0 Å². The molecule has 7 heteroatoms. The van der Waals surface area contributed by atoms with E-state index in [4.69, 9.17) is 9.52 Å². The number of carbonyl (C=O) groups excluding carboxylic acids is 1. The van der Waals surface area contributed by atoms with Gasteiger partial charge in [0.1, 0.15) is 11.8 Å². The molecule has 18 heavy (non-hydrogen) atoms. The van der Waals surface area contributed by atoms with Crippen LogP contribution in [0.25, 0.3) is 6.08 Å². The molecule has 1 aromatic rings. The van der Waals surface area contributed by atoms with E-state index in [1.54, 1.807) is 12.1 Å². The first-order valence-electron chi connectivity index (χ1n) is 5.12. The largest absolute Gasteiger partial charge is 0.480 e. The van der Waals surface area contributed by atoms with Crippen molar-refractivity contribution in [3.05, 3.63) is 28.6 Å². The van der Waals surface area contributed by atoms with Gasteiger partial charge in [0.2, 0.25) is 5.91 Å². The summed E-state index contributed by atoms with van der Waals surface area (Å²) in [5, 5.41) is 8.97. The van der Waals surface area contributed by atoms with Crippen LogP contribution in [0.5, 0.6) is 0 Å². The van der Waals surface area contributed by atoms with Crippen molar-refractivity contribution < 1.29 is 19.1 Å². The van der Waals surface area contributed by atoms with Crippen molar-refractivity contribution >= 4 is 45.6 Å². The number of hydrogen-bond donors (Lipinski definition) is 1. The Balaban J connectivity index is 2.03. The second kappa shape index (κ2) is 5.62.